The van der Waals surface area contributed by atoms with Crippen LogP contribution in [0.3, 0.4) is 0 Å². The van der Waals surface area contributed by atoms with E-state index < -0.39 is 0 Å². The van der Waals surface area contributed by atoms with Crippen molar-refractivity contribution >= 4 is 17.5 Å². The second-order valence-corrected chi connectivity index (χ2v) is 5.92. The lowest BCUT2D eigenvalue weighted by atomic mass is 10.1. The lowest BCUT2D eigenvalue weighted by molar-refractivity contribution is -0.117. The molecule has 1 fully saturated rings. The van der Waals surface area contributed by atoms with Gasteiger partial charge in [-0.1, -0.05) is 17.7 Å². The van der Waals surface area contributed by atoms with E-state index in [0.717, 1.165) is 22.6 Å². The highest BCUT2D eigenvalue weighted by Crippen LogP contribution is 2.26. The summed E-state index contributed by atoms with van der Waals surface area (Å²) in [6.45, 7) is 6.13. The Morgan fingerprint density at radius 1 is 1.18 bits per heavy atom. The number of anilines is 1. The molecule has 3 rings (SSSR count). The van der Waals surface area contributed by atoms with Gasteiger partial charge in [-0.25, -0.2) is 4.68 Å². The molecule has 1 aromatic heterocycles. The minimum Gasteiger partial charge on any atom is -0.312 e. The molecule has 0 aliphatic carbocycles. The van der Waals surface area contributed by atoms with Gasteiger partial charge in [0.05, 0.1) is 11.6 Å². The van der Waals surface area contributed by atoms with Crippen molar-refractivity contribution in [3.63, 3.8) is 0 Å². The first-order chi connectivity index (χ1) is 10.5. The predicted molar refractivity (Wildman–Crippen MR) is 84.0 cm³/mol. The summed E-state index contributed by atoms with van der Waals surface area (Å²) in [7, 11) is 0. The minimum atomic E-state index is -0.341. The van der Waals surface area contributed by atoms with Gasteiger partial charge in [0.25, 0.3) is 5.91 Å². The predicted octanol–water partition coefficient (Wildman–Crippen LogP) is 2.50. The van der Waals surface area contributed by atoms with Crippen molar-refractivity contribution in [2.24, 2.45) is 5.92 Å². The van der Waals surface area contributed by atoms with Crippen LogP contribution >= 0.6 is 0 Å². The molecule has 1 aliphatic heterocycles. The van der Waals surface area contributed by atoms with Crippen molar-refractivity contribution in [2.45, 2.75) is 27.2 Å². The van der Waals surface area contributed by atoms with E-state index in [4.69, 9.17) is 0 Å². The lowest BCUT2D eigenvalue weighted by Crippen LogP contribution is -2.28. The van der Waals surface area contributed by atoms with Crippen molar-refractivity contribution in [1.82, 2.24) is 9.78 Å². The first-order valence-corrected chi connectivity index (χ1v) is 7.40. The quantitative estimate of drug-likeness (QED) is 0.856. The maximum Gasteiger partial charge on any atom is 0.252 e. The first-order valence-electron chi connectivity index (χ1n) is 7.40. The smallest absolute Gasteiger partial charge is 0.252 e. The Labute approximate surface area is 129 Å². The number of rotatable bonds is 2. The molecule has 1 saturated heterocycles. The fourth-order valence-corrected chi connectivity index (χ4v) is 2.87. The van der Waals surface area contributed by atoms with E-state index in [0.29, 0.717) is 6.54 Å². The number of benzene rings is 1. The highest BCUT2D eigenvalue weighted by molar-refractivity contribution is 6.00. The molecule has 1 aromatic carbocycles. The molecule has 0 N–H and O–H groups in total. The Kier molecular flexibility index (Phi) is 3.56. The Hall–Kier alpha value is -2.43. The summed E-state index contributed by atoms with van der Waals surface area (Å²) in [5.41, 5.74) is 3.61. The molecule has 1 aliphatic rings. The molecule has 2 aromatic rings. The van der Waals surface area contributed by atoms with Crippen molar-refractivity contribution in [3.05, 3.63) is 47.3 Å². The van der Waals surface area contributed by atoms with Crippen LogP contribution in [0.25, 0.3) is 0 Å². The van der Waals surface area contributed by atoms with Crippen molar-refractivity contribution in [3.8, 4) is 0 Å². The number of hydrogen-bond donors (Lipinski definition) is 0. The van der Waals surface area contributed by atoms with E-state index in [2.05, 4.69) is 5.10 Å². The Morgan fingerprint density at radius 3 is 2.45 bits per heavy atom. The number of hydrogen-bond acceptors (Lipinski definition) is 3. The second kappa shape index (κ2) is 5.40. The Bertz CT molecular complexity index is 731. The number of amides is 1. The van der Waals surface area contributed by atoms with Gasteiger partial charge in [0.1, 0.15) is 0 Å². The summed E-state index contributed by atoms with van der Waals surface area (Å²) in [5, 5.41) is 4.23. The molecule has 22 heavy (non-hydrogen) atoms. The molecule has 0 spiro atoms. The summed E-state index contributed by atoms with van der Waals surface area (Å²) >= 11 is 0. The number of carbonyl (C=O) groups excluding carboxylic acids is 2. The third-order valence-corrected chi connectivity index (χ3v) is 4.04. The summed E-state index contributed by atoms with van der Waals surface area (Å²) in [6.07, 6.45) is 0.241. The molecule has 0 bridgehead atoms. The van der Waals surface area contributed by atoms with Crippen LogP contribution in [0.2, 0.25) is 0 Å². The van der Waals surface area contributed by atoms with Crippen LogP contribution in [0.15, 0.2) is 30.3 Å². The van der Waals surface area contributed by atoms with Crippen molar-refractivity contribution < 1.29 is 9.59 Å². The van der Waals surface area contributed by atoms with Gasteiger partial charge in [-0.05, 0) is 39.0 Å². The number of nitrogens with zero attached hydrogens (tertiary/aromatic N) is 3. The van der Waals surface area contributed by atoms with E-state index in [1.807, 2.05) is 51.1 Å². The average Bonchev–Trinajstić information content (AvgIpc) is 3.02. The minimum absolute atomic E-state index is 0.0104. The third-order valence-electron chi connectivity index (χ3n) is 4.04. The third kappa shape index (κ3) is 2.54. The molecule has 2 heterocycles. The van der Waals surface area contributed by atoms with Gasteiger partial charge in [0.15, 0.2) is 0 Å². The normalized spacial score (nSPS) is 18.0. The zero-order chi connectivity index (χ0) is 15.9. The van der Waals surface area contributed by atoms with Gasteiger partial charge in [0, 0.05) is 24.3 Å². The van der Waals surface area contributed by atoms with Gasteiger partial charge in [-0.15, -0.1) is 0 Å². The zero-order valence-corrected chi connectivity index (χ0v) is 13.0. The number of aromatic nitrogens is 2. The molecular formula is C17H19N3O2. The molecule has 5 nitrogen and oxygen atoms in total. The number of carbonyl (C=O) groups is 2. The highest BCUT2D eigenvalue weighted by atomic mass is 16.2. The fourth-order valence-electron chi connectivity index (χ4n) is 2.87. The standard InChI is InChI=1S/C17H19N3O2/c1-11-4-6-15(7-5-11)19-10-14(9-16(19)21)17(22)20-13(3)8-12(2)18-20/h4-8,14H,9-10H2,1-3H3/t14-/m0/s1. The Balaban J connectivity index is 1.81. The van der Waals surface area contributed by atoms with Crippen LogP contribution < -0.4 is 4.90 Å². The SMILES string of the molecule is Cc1ccc(N2C[C@@H](C(=O)n3nc(C)cc3C)CC2=O)cc1. The summed E-state index contributed by atoms with van der Waals surface area (Å²) in [5.74, 6) is -0.455. The van der Waals surface area contributed by atoms with Crippen LogP contribution in [0, 0.1) is 26.7 Å². The number of aryl methyl sites for hydroxylation is 3. The topological polar surface area (TPSA) is 55.2 Å². The molecule has 1 amide bonds. The molecule has 0 saturated carbocycles. The molecule has 0 radical (unpaired) electrons. The fraction of sp³-hybridized carbons (Fsp3) is 0.353. The van der Waals surface area contributed by atoms with E-state index >= 15 is 0 Å². The van der Waals surface area contributed by atoms with E-state index in [-0.39, 0.29) is 24.2 Å². The van der Waals surface area contributed by atoms with Crippen molar-refractivity contribution in [1.29, 1.82) is 0 Å². The lowest BCUT2D eigenvalue weighted by Gasteiger charge is -2.16. The molecular weight excluding hydrogens is 278 g/mol. The molecule has 0 unspecified atom stereocenters. The van der Waals surface area contributed by atoms with Gasteiger partial charge < -0.3 is 4.90 Å². The zero-order valence-electron chi connectivity index (χ0n) is 13.0. The maximum atomic E-state index is 12.6. The monoisotopic (exact) mass is 297 g/mol. The molecule has 114 valence electrons. The van der Waals surface area contributed by atoms with Crippen LogP contribution in [0.4, 0.5) is 5.69 Å². The largest absolute Gasteiger partial charge is 0.312 e. The summed E-state index contributed by atoms with van der Waals surface area (Å²) in [6, 6.07) is 9.65. The summed E-state index contributed by atoms with van der Waals surface area (Å²) in [4.78, 5) is 26.5. The van der Waals surface area contributed by atoms with Gasteiger partial charge >= 0.3 is 0 Å². The average molecular weight is 297 g/mol. The van der Waals surface area contributed by atoms with Crippen LogP contribution in [-0.4, -0.2) is 28.1 Å². The van der Waals surface area contributed by atoms with E-state index in [1.165, 1.54) is 4.68 Å². The van der Waals surface area contributed by atoms with Crippen LogP contribution in [0.1, 0.15) is 28.2 Å². The van der Waals surface area contributed by atoms with Gasteiger partial charge in [0.2, 0.25) is 5.91 Å². The van der Waals surface area contributed by atoms with Crippen LogP contribution in [-0.2, 0) is 4.79 Å². The van der Waals surface area contributed by atoms with E-state index in [1.54, 1.807) is 4.90 Å². The van der Waals surface area contributed by atoms with Crippen LogP contribution in [0.5, 0.6) is 0 Å². The van der Waals surface area contributed by atoms with Crippen molar-refractivity contribution in [2.75, 3.05) is 11.4 Å². The van der Waals surface area contributed by atoms with E-state index in [9.17, 15) is 9.59 Å². The van der Waals surface area contributed by atoms with Gasteiger partial charge in [-0.3, -0.25) is 9.59 Å². The second-order valence-electron chi connectivity index (χ2n) is 5.92. The Morgan fingerprint density at radius 2 is 1.86 bits per heavy atom. The maximum absolute atomic E-state index is 12.6. The molecule has 5 heteroatoms. The highest BCUT2D eigenvalue weighted by Gasteiger charge is 2.36. The first kappa shape index (κ1) is 14.5. The van der Waals surface area contributed by atoms with Gasteiger partial charge in [-0.2, -0.15) is 5.10 Å². The summed E-state index contributed by atoms with van der Waals surface area (Å²) < 4.78 is 1.42. The molecule has 1 atom stereocenters.